The van der Waals surface area contributed by atoms with Crippen molar-refractivity contribution in [1.82, 2.24) is 0 Å². The third-order valence-electron chi connectivity index (χ3n) is 1.66. The fourth-order valence-corrected chi connectivity index (χ4v) is 1.13. The maximum Gasteiger partial charge on any atom is -0.0184 e. The van der Waals surface area contributed by atoms with E-state index in [0.29, 0.717) is 0 Å². The van der Waals surface area contributed by atoms with Crippen LogP contribution in [0.3, 0.4) is 0 Å². The molecule has 0 unspecified atom stereocenters. The number of halogens is 1. The lowest BCUT2D eigenvalue weighted by Gasteiger charge is -1.92. The zero-order chi connectivity index (χ0) is 8.81. The molecule has 0 aliphatic heterocycles. The third-order valence-corrected chi connectivity index (χ3v) is 1.66. The Bertz CT molecular complexity index is 284. The van der Waals surface area contributed by atoms with Gasteiger partial charge in [0.1, 0.15) is 0 Å². The highest BCUT2D eigenvalue weighted by Crippen LogP contribution is 2.11. The molecule has 0 heterocycles. The first-order chi connectivity index (χ1) is 5.97. The number of hydrogen-bond donors (Lipinski definition) is 2. The zero-order valence-corrected chi connectivity index (χ0v) is 8.00. The molecule has 2 aromatic carbocycles. The normalized spacial score (nSPS) is 8.15. The van der Waals surface area contributed by atoms with Crippen LogP contribution < -0.4 is 11.7 Å². The minimum atomic E-state index is 0. The summed E-state index contributed by atoms with van der Waals surface area (Å²) in [4.78, 5) is 0. The van der Waals surface area contributed by atoms with Crippen molar-refractivity contribution < 1.29 is 0 Å². The van der Waals surface area contributed by atoms with Crippen molar-refractivity contribution >= 4 is 23.2 Å². The van der Waals surface area contributed by atoms with Crippen molar-refractivity contribution in [3.05, 3.63) is 48.5 Å². The predicted molar refractivity (Wildman–Crippen MR) is 59.6 cm³/mol. The molecule has 3 heteroatoms. The molecule has 0 atom stereocenters. The first-order valence-electron chi connectivity index (χ1n) is 3.74. The van der Waals surface area contributed by atoms with E-state index in [-0.39, 0.29) is 12.4 Å². The predicted octanol–water partition coefficient (Wildman–Crippen LogP) is 2.08. The lowest BCUT2D eigenvalue weighted by atomic mass is 10.1. The molecule has 0 radical (unpaired) electrons. The Labute approximate surface area is 83.9 Å². The van der Waals surface area contributed by atoms with Gasteiger partial charge in [0.05, 0.1) is 0 Å². The summed E-state index contributed by atoms with van der Waals surface area (Å²) in [6.45, 7) is 0. The fourth-order valence-electron chi connectivity index (χ4n) is 1.13. The van der Waals surface area contributed by atoms with Crippen LogP contribution in [0.5, 0.6) is 0 Å². The van der Waals surface area contributed by atoms with E-state index in [4.69, 9.17) is 0 Å². The van der Waals surface area contributed by atoms with Gasteiger partial charge in [-0.2, -0.15) is 0 Å². The second kappa shape index (κ2) is 6.43. The number of fused-ring (bicyclic) bond motifs is 1. The number of hydrazine groups is 1. The van der Waals surface area contributed by atoms with Crippen LogP contribution in [0.15, 0.2) is 48.5 Å². The van der Waals surface area contributed by atoms with Crippen LogP contribution in [0.25, 0.3) is 10.8 Å². The van der Waals surface area contributed by atoms with E-state index in [1.54, 1.807) is 0 Å². The number of nitrogens with two attached hydrogens (primary N) is 2. The van der Waals surface area contributed by atoms with Gasteiger partial charge >= 0.3 is 0 Å². The van der Waals surface area contributed by atoms with Gasteiger partial charge in [-0.25, -0.2) is 0 Å². The van der Waals surface area contributed by atoms with Crippen LogP contribution in [-0.2, 0) is 0 Å². The molecule has 70 valence electrons. The van der Waals surface area contributed by atoms with Gasteiger partial charge in [0.2, 0.25) is 0 Å². The molecule has 2 rings (SSSR count). The average molecular weight is 197 g/mol. The van der Waals surface area contributed by atoms with Crippen LogP contribution in [0.1, 0.15) is 0 Å². The quantitative estimate of drug-likeness (QED) is 0.501. The summed E-state index contributed by atoms with van der Waals surface area (Å²) in [7, 11) is 0. The minimum absolute atomic E-state index is 0. The maximum absolute atomic E-state index is 4.00. The Balaban J connectivity index is 0.000000451. The van der Waals surface area contributed by atoms with Crippen LogP contribution in [0.2, 0.25) is 0 Å². The lowest BCUT2D eigenvalue weighted by Crippen LogP contribution is -2.02. The first-order valence-corrected chi connectivity index (χ1v) is 3.74. The van der Waals surface area contributed by atoms with E-state index in [1.807, 2.05) is 0 Å². The highest BCUT2D eigenvalue weighted by atomic mass is 35.5. The molecule has 0 aliphatic rings. The topological polar surface area (TPSA) is 52.0 Å². The third kappa shape index (κ3) is 3.03. The minimum Gasteiger partial charge on any atom is -0.274 e. The molecule has 0 aromatic heterocycles. The van der Waals surface area contributed by atoms with Gasteiger partial charge in [-0.1, -0.05) is 48.5 Å². The Hall–Kier alpha value is -1.09. The van der Waals surface area contributed by atoms with Crippen molar-refractivity contribution in [1.29, 1.82) is 0 Å². The van der Waals surface area contributed by atoms with Gasteiger partial charge in [-0.05, 0) is 10.8 Å². The summed E-state index contributed by atoms with van der Waals surface area (Å²) in [6, 6.07) is 16.7. The highest BCUT2D eigenvalue weighted by molar-refractivity contribution is 5.85. The van der Waals surface area contributed by atoms with Gasteiger partial charge in [-0.3, -0.25) is 11.7 Å². The van der Waals surface area contributed by atoms with Crippen molar-refractivity contribution in [2.45, 2.75) is 0 Å². The molecule has 0 bridgehead atoms. The number of benzene rings is 2. The molecule has 0 spiro atoms. The molecular formula is C10H13ClN2. The second-order valence-corrected chi connectivity index (χ2v) is 2.35. The van der Waals surface area contributed by atoms with Gasteiger partial charge in [-0.15, -0.1) is 12.4 Å². The maximum atomic E-state index is 4.00. The average Bonchev–Trinajstić information content (AvgIpc) is 2.21. The largest absolute Gasteiger partial charge is 0.274 e. The summed E-state index contributed by atoms with van der Waals surface area (Å²) in [5.41, 5.74) is 0. The molecule has 2 aromatic rings. The Kier molecular flexibility index (Phi) is 5.89. The second-order valence-electron chi connectivity index (χ2n) is 2.35. The van der Waals surface area contributed by atoms with Gasteiger partial charge < -0.3 is 0 Å². The van der Waals surface area contributed by atoms with E-state index < -0.39 is 0 Å². The molecule has 13 heavy (non-hydrogen) atoms. The van der Waals surface area contributed by atoms with Crippen LogP contribution in [0, 0.1) is 0 Å². The van der Waals surface area contributed by atoms with E-state index in [1.165, 1.54) is 10.8 Å². The van der Waals surface area contributed by atoms with E-state index in [2.05, 4.69) is 60.2 Å². The summed E-state index contributed by atoms with van der Waals surface area (Å²) < 4.78 is 0. The molecule has 0 aliphatic carbocycles. The van der Waals surface area contributed by atoms with Gasteiger partial charge in [0, 0.05) is 0 Å². The smallest absolute Gasteiger partial charge is 0.0184 e. The van der Waals surface area contributed by atoms with E-state index in [0.717, 1.165) is 0 Å². The van der Waals surface area contributed by atoms with Crippen LogP contribution >= 0.6 is 12.4 Å². The fraction of sp³-hybridized carbons (Fsp3) is 0. The number of rotatable bonds is 0. The monoisotopic (exact) mass is 196 g/mol. The van der Waals surface area contributed by atoms with Gasteiger partial charge in [0.15, 0.2) is 0 Å². The van der Waals surface area contributed by atoms with Gasteiger partial charge in [0.25, 0.3) is 0 Å². The van der Waals surface area contributed by atoms with Crippen LogP contribution in [0.4, 0.5) is 0 Å². The summed E-state index contributed by atoms with van der Waals surface area (Å²) in [5, 5.41) is 2.62. The first kappa shape index (κ1) is 11.9. The zero-order valence-electron chi connectivity index (χ0n) is 7.18. The van der Waals surface area contributed by atoms with Crippen LogP contribution in [-0.4, -0.2) is 0 Å². The van der Waals surface area contributed by atoms with E-state index >= 15 is 0 Å². The summed E-state index contributed by atoms with van der Waals surface area (Å²) >= 11 is 0. The van der Waals surface area contributed by atoms with Crippen molar-refractivity contribution in [3.63, 3.8) is 0 Å². The SMILES string of the molecule is Cl.NN.c1ccc2ccccc2c1. The number of hydrogen-bond acceptors (Lipinski definition) is 2. The van der Waals surface area contributed by atoms with Crippen molar-refractivity contribution in [3.8, 4) is 0 Å². The van der Waals surface area contributed by atoms with Crippen molar-refractivity contribution in [2.75, 3.05) is 0 Å². The Morgan fingerprint density at radius 2 is 0.846 bits per heavy atom. The lowest BCUT2D eigenvalue weighted by molar-refractivity contribution is 1.26. The highest BCUT2D eigenvalue weighted by Gasteiger charge is 1.85. The molecule has 4 N–H and O–H groups in total. The molecule has 0 saturated carbocycles. The van der Waals surface area contributed by atoms with Crippen molar-refractivity contribution in [2.24, 2.45) is 11.7 Å². The molecule has 0 amide bonds. The molecule has 2 nitrogen and oxygen atoms in total. The summed E-state index contributed by atoms with van der Waals surface area (Å²) in [6.07, 6.45) is 0. The Morgan fingerprint density at radius 1 is 0.615 bits per heavy atom. The standard InChI is InChI=1S/C10H8.ClH.H4N2/c1-2-6-10-8-4-3-7-9(10)5-1;;1-2/h1-8H;1H;1-2H2. The molecule has 0 saturated heterocycles. The van der Waals surface area contributed by atoms with E-state index in [9.17, 15) is 0 Å². The molecular weight excluding hydrogens is 184 g/mol. The summed E-state index contributed by atoms with van der Waals surface area (Å²) in [5.74, 6) is 8.00. The molecule has 0 fully saturated rings. The Morgan fingerprint density at radius 3 is 1.08 bits per heavy atom.